The van der Waals surface area contributed by atoms with Gasteiger partial charge in [-0.3, -0.25) is 4.31 Å². The predicted molar refractivity (Wildman–Crippen MR) is 90.3 cm³/mol. The minimum Gasteiger partial charge on any atom is -0.478 e. The van der Waals surface area contributed by atoms with E-state index in [4.69, 9.17) is 27.3 Å². The zero-order valence-corrected chi connectivity index (χ0v) is 13.9. The maximum Gasteiger partial charge on any atom is 0.264 e. The highest BCUT2D eigenvalue weighted by molar-refractivity contribution is 7.92. The summed E-state index contributed by atoms with van der Waals surface area (Å²) < 4.78 is 32.8. The molecule has 0 amide bonds. The van der Waals surface area contributed by atoms with Crippen LogP contribution in [0.1, 0.15) is 0 Å². The molecule has 0 aliphatic carbocycles. The number of hydrogen-bond acceptors (Lipinski definition) is 5. The average molecular weight is 368 g/mol. The molecule has 1 aliphatic rings. The number of amidine groups is 1. The van der Waals surface area contributed by atoms with Crippen molar-refractivity contribution >= 4 is 33.1 Å². The molecule has 1 heterocycles. The highest BCUT2D eigenvalue weighted by Crippen LogP contribution is 2.38. The summed E-state index contributed by atoms with van der Waals surface area (Å²) in [6, 6.07) is 12.6. The summed E-state index contributed by atoms with van der Waals surface area (Å²) in [5.41, 5.74) is 5.91. The van der Waals surface area contributed by atoms with Gasteiger partial charge >= 0.3 is 0 Å². The van der Waals surface area contributed by atoms with Crippen LogP contribution < -0.4 is 14.8 Å². The SMILES string of the molecule is N/C(=N/O)[C@@H]1CN(S(=O)(=O)c2ccccc2)c2cc(Cl)ccc2O1. The third kappa shape index (κ3) is 2.85. The molecule has 0 aromatic heterocycles. The monoisotopic (exact) mass is 367 g/mol. The summed E-state index contributed by atoms with van der Waals surface area (Å²) in [4.78, 5) is 0.121. The third-order valence-corrected chi connectivity index (χ3v) is 5.60. The molecule has 0 spiro atoms. The Morgan fingerprint density at radius 2 is 2.00 bits per heavy atom. The lowest BCUT2D eigenvalue weighted by Crippen LogP contribution is -2.49. The Balaban J connectivity index is 2.13. The van der Waals surface area contributed by atoms with Crippen molar-refractivity contribution in [3.05, 3.63) is 53.6 Å². The molecule has 0 fully saturated rings. The second-order valence-electron chi connectivity index (χ2n) is 5.09. The fraction of sp³-hybridized carbons (Fsp3) is 0.133. The number of nitrogens with two attached hydrogens (primary N) is 1. The molecule has 0 bridgehead atoms. The van der Waals surface area contributed by atoms with Gasteiger partial charge in [0.15, 0.2) is 11.9 Å². The molecule has 7 nitrogen and oxygen atoms in total. The first-order valence-corrected chi connectivity index (χ1v) is 8.76. The van der Waals surface area contributed by atoms with Gasteiger partial charge in [-0.1, -0.05) is 35.0 Å². The van der Waals surface area contributed by atoms with Gasteiger partial charge < -0.3 is 15.7 Å². The van der Waals surface area contributed by atoms with Crippen molar-refractivity contribution in [1.29, 1.82) is 0 Å². The summed E-state index contributed by atoms with van der Waals surface area (Å²) in [6.45, 7) is -0.138. The van der Waals surface area contributed by atoms with Crippen LogP contribution in [0.5, 0.6) is 5.75 Å². The number of rotatable bonds is 3. The Bertz CT molecular complexity index is 887. The first-order chi connectivity index (χ1) is 11.4. The second kappa shape index (κ2) is 6.21. The Morgan fingerprint density at radius 3 is 2.67 bits per heavy atom. The molecule has 3 N–H and O–H groups in total. The molecule has 1 atom stereocenters. The number of benzene rings is 2. The predicted octanol–water partition coefficient (Wildman–Crippen LogP) is 2.04. The van der Waals surface area contributed by atoms with Crippen LogP contribution in [0.25, 0.3) is 0 Å². The van der Waals surface area contributed by atoms with Crippen LogP contribution in [0.2, 0.25) is 5.02 Å². The normalized spacial score (nSPS) is 18.0. The van der Waals surface area contributed by atoms with Crippen LogP contribution in [-0.2, 0) is 10.0 Å². The van der Waals surface area contributed by atoms with Crippen LogP contribution in [0.15, 0.2) is 58.6 Å². The molecular formula is C15H14ClN3O4S. The van der Waals surface area contributed by atoms with E-state index in [1.54, 1.807) is 30.3 Å². The van der Waals surface area contributed by atoms with E-state index in [0.717, 1.165) is 4.31 Å². The highest BCUT2D eigenvalue weighted by atomic mass is 35.5. The van der Waals surface area contributed by atoms with E-state index >= 15 is 0 Å². The molecule has 126 valence electrons. The third-order valence-electron chi connectivity index (χ3n) is 3.57. The highest BCUT2D eigenvalue weighted by Gasteiger charge is 2.36. The lowest BCUT2D eigenvalue weighted by atomic mass is 10.2. The molecule has 2 aromatic carbocycles. The molecule has 0 saturated carbocycles. The van der Waals surface area contributed by atoms with Crippen LogP contribution in [0.3, 0.4) is 0 Å². The van der Waals surface area contributed by atoms with Crippen LogP contribution in [0.4, 0.5) is 5.69 Å². The maximum absolute atomic E-state index is 13.0. The van der Waals surface area contributed by atoms with E-state index < -0.39 is 16.1 Å². The Kier molecular flexibility index (Phi) is 4.25. The van der Waals surface area contributed by atoms with E-state index in [1.165, 1.54) is 18.2 Å². The van der Waals surface area contributed by atoms with Crippen LogP contribution >= 0.6 is 11.6 Å². The van der Waals surface area contributed by atoms with Crippen molar-refractivity contribution in [2.24, 2.45) is 10.9 Å². The number of sulfonamides is 1. The molecule has 9 heteroatoms. The quantitative estimate of drug-likeness (QED) is 0.374. The van der Waals surface area contributed by atoms with Gasteiger partial charge in [0.2, 0.25) is 0 Å². The van der Waals surface area contributed by atoms with Crippen molar-refractivity contribution in [3.63, 3.8) is 0 Å². The first-order valence-electron chi connectivity index (χ1n) is 6.95. The lowest BCUT2D eigenvalue weighted by Gasteiger charge is -2.34. The van der Waals surface area contributed by atoms with E-state index in [9.17, 15) is 8.42 Å². The number of anilines is 1. The standard InChI is InChI=1S/C15H14ClN3O4S/c16-10-6-7-13-12(8-10)19(9-14(23-13)15(17)18-20)24(21,22)11-4-2-1-3-5-11/h1-8,14,20H,9H2,(H2,17,18)/t14-/m0/s1. The van der Waals surface area contributed by atoms with Crippen molar-refractivity contribution in [2.45, 2.75) is 11.0 Å². The second-order valence-corrected chi connectivity index (χ2v) is 7.39. The molecule has 0 saturated heterocycles. The number of nitrogens with zero attached hydrogens (tertiary/aromatic N) is 2. The molecular weight excluding hydrogens is 354 g/mol. The summed E-state index contributed by atoms with van der Waals surface area (Å²) >= 11 is 6.00. The van der Waals surface area contributed by atoms with Gasteiger partial charge in [-0.05, 0) is 30.3 Å². The molecule has 24 heavy (non-hydrogen) atoms. The Morgan fingerprint density at radius 1 is 1.29 bits per heavy atom. The zero-order valence-electron chi connectivity index (χ0n) is 12.3. The average Bonchev–Trinajstić information content (AvgIpc) is 2.60. The molecule has 0 unspecified atom stereocenters. The Hall–Kier alpha value is -2.45. The minimum atomic E-state index is -3.86. The van der Waals surface area contributed by atoms with Gasteiger partial charge in [0.25, 0.3) is 10.0 Å². The number of hydrogen-bond donors (Lipinski definition) is 2. The fourth-order valence-corrected chi connectivity index (χ4v) is 4.05. The van der Waals surface area contributed by atoms with E-state index in [2.05, 4.69) is 5.16 Å². The minimum absolute atomic E-state index is 0.121. The zero-order chi connectivity index (χ0) is 17.3. The molecule has 3 rings (SSSR count). The summed E-state index contributed by atoms with van der Waals surface area (Å²) in [6.07, 6.45) is -0.915. The maximum atomic E-state index is 13.0. The summed E-state index contributed by atoms with van der Waals surface area (Å²) in [7, 11) is -3.86. The number of oxime groups is 1. The number of fused-ring (bicyclic) bond motifs is 1. The largest absolute Gasteiger partial charge is 0.478 e. The molecule has 1 aliphatic heterocycles. The van der Waals surface area contributed by atoms with Gasteiger partial charge in [0.05, 0.1) is 17.1 Å². The number of halogens is 1. The summed E-state index contributed by atoms with van der Waals surface area (Å²) in [5, 5.41) is 12.2. The Labute approximate surface area is 143 Å². The van der Waals surface area contributed by atoms with Gasteiger partial charge in [0.1, 0.15) is 5.75 Å². The van der Waals surface area contributed by atoms with Crippen molar-refractivity contribution < 1.29 is 18.4 Å². The molecule has 2 aromatic rings. The van der Waals surface area contributed by atoms with Gasteiger partial charge in [0, 0.05) is 5.02 Å². The van der Waals surface area contributed by atoms with E-state index in [1.807, 2.05) is 0 Å². The topological polar surface area (TPSA) is 105 Å². The van der Waals surface area contributed by atoms with Crippen LogP contribution in [-0.4, -0.2) is 32.1 Å². The van der Waals surface area contributed by atoms with Gasteiger partial charge in [-0.2, -0.15) is 0 Å². The fourth-order valence-electron chi connectivity index (χ4n) is 2.39. The van der Waals surface area contributed by atoms with Crippen molar-refractivity contribution in [1.82, 2.24) is 0 Å². The van der Waals surface area contributed by atoms with Gasteiger partial charge in [-0.15, -0.1) is 0 Å². The van der Waals surface area contributed by atoms with E-state index in [-0.39, 0.29) is 23.0 Å². The smallest absolute Gasteiger partial charge is 0.264 e. The molecule has 0 radical (unpaired) electrons. The number of ether oxygens (including phenoxy) is 1. The lowest BCUT2D eigenvalue weighted by molar-refractivity contribution is 0.247. The first kappa shape index (κ1) is 16.4. The van der Waals surface area contributed by atoms with Crippen molar-refractivity contribution in [2.75, 3.05) is 10.8 Å². The van der Waals surface area contributed by atoms with Crippen LogP contribution in [0, 0.1) is 0 Å². The van der Waals surface area contributed by atoms with E-state index in [0.29, 0.717) is 10.7 Å². The van der Waals surface area contributed by atoms with Crippen molar-refractivity contribution in [3.8, 4) is 5.75 Å². The summed E-state index contributed by atoms with van der Waals surface area (Å²) in [5.74, 6) is 0.0608. The van der Waals surface area contributed by atoms with Gasteiger partial charge in [-0.25, -0.2) is 8.42 Å².